The van der Waals surface area contributed by atoms with Gasteiger partial charge in [0.2, 0.25) is 5.91 Å². The van der Waals surface area contributed by atoms with E-state index in [2.05, 4.69) is 20.9 Å². The van der Waals surface area contributed by atoms with Crippen molar-refractivity contribution >= 4 is 22.8 Å². The van der Waals surface area contributed by atoms with E-state index in [0.717, 1.165) is 68.2 Å². The van der Waals surface area contributed by atoms with Crippen LogP contribution in [-0.2, 0) is 17.8 Å². The number of hydrogen-bond acceptors (Lipinski definition) is 4. The normalized spacial score (nSPS) is 17.1. The topological polar surface area (TPSA) is 80.4 Å². The van der Waals surface area contributed by atoms with Gasteiger partial charge in [-0.3, -0.25) is 9.59 Å². The summed E-state index contributed by atoms with van der Waals surface area (Å²) in [6.45, 7) is 0.994. The summed E-state index contributed by atoms with van der Waals surface area (Å²) in [6.07, 6.45) is 17.3. The fourth-order valence-electron chi connectivity index (χ4n) is 6.42. The minimum absolute atomic E-state index is 0.171. The zero-order chi connectivity index (χ0) is 26.2. The molecule has 2 heterocycles. The fourth-order valence-corrected chi connectivity index (χ4v) is 6.42. The summed E-state index contributed by atoms with van der Waals surface area (Å²) in [7, 11) is 0. The van der Waals surface area contributed by atoms with Gasteiger partial charge >= 0.3 is 0 Å². The zero-order valence-corrected chi connectivity index (χ0v) is 22.6. The molecule has 38 heavy (non-hydrogen) atoms. The Kier molecular flexibility index (Phi) is 9.15. The molecule has 0 atom stereocenters. The molecule has 7 heteroatoms. The van der Waals surface area contributed by atoms with Crippen LogP contribution >= 0.6 is 0 Å². The van der Waals surface area contributed by atoms with E-state index in [1.807, 2.05) is 18.2 Å². The summed E-state index contributed by atoms with van der Waals surface area (Å²) in [5.74, 6) is 1.44. The third-order valence-electron chi connectivity index (χ3n) is 8.36. The van der Waals surface area contributed by atoms with Gasteiger partial charge in [-0.2, -0.15) is 0 Å². The van der Waals surface area contributed by atoms with E-state index >= 15 is 0 Å². The lowest BCUT2D eigenvalue weighted by Gasteiger charge is -2.42. The van der Waals surface area contributed by atoms with E-state index in [1.165, 1.54) is 44.8 Å². The molecule has 0 saturated heterocycles. The van der Waals surface area contributed by atoms with Gasteiger partial charge in [0.15, 0.2) is 5.76 Å². The number of benzene rings is 1. The lowest BCUT2D eigenvalue weighted by atomic mass is 9.88. The number of carbonyl (C=O) groups excluding carboxylic acids is 2. The first-order chi connectivity index (χ1) is 18.7. The smallest absolute Gasteiger partial charge is 0.286 e. The van der Waals surface area contributed by atoms with Gasteiger partial charge in [0.25, 0.3) is 5.91 Å². The number of fused-ring (bicyclic) bond motifs is 1. The van der Waals surface area contributed by atoms with Gasteiger partial charge in [-0.1, -0.05) is 57.1 Å². The number of nitrogens with one attached hydrogen (secondary N) is 1. The third-order valence-corrected chi connectivity index (χ3v) is 8.36. The Hall–Kier alpha value is -3.09. The van der Waals surface area contributed by atoms with Crippen LogP contribution < -0.4 is 5.32 Å². The largest absolute Gasteiger partial charge is 0.459 e. The first-order valence-corrected chi connectivity index (χ1v) is 14.8. The Morgan fingerprint density at radius 2 is 1.61 bits per heavy atom. The summed E-state index contributed by atoms with van der Waals surface area (Å²) in [6, 6.07) is 12.4. The molecule has 2 aromatic heterocycles. The molecule has 5 rings (SSSR count). The Bertz CT molecular complexity index is 1160. The van der Waals surface area contributed by atoms with Crippen LogP contribution in [0, 0.1) is 0 Å². The van der Waals surface area contributed by atoms with E-state index in [-0.39, 0.29) is 11.8 Å². The zero-order valence-electron chi connectivity index (χ0n) is 22.6. The number of furan rings is 1. The van der Waals surface area contributed by atoms with Crippen molar-refractivity contribution in [1.82, 2.24) is 19.8 Å². The van der Waals surface area contributed by atoms with Crippen LogP contribution in [0.15, 0.2) is 47.1 Å². The molecule has 2 fully saturated rings. The number of para-hydroxylation sites is 2. The molecule has 0 unspecified atom stereocenters. The quantitative estimate of drug-likeness (QED) is 0.304. The predicted molar refractivity (Wildman–Crippen MR) is 149 cm³/mol. The second-order valence-corrected chi connectivity index (χ2v) is 11.0. The van der Waals surface area contributed by atoms with Crippen LogP contribution in [0.4, 0.5) is 0 Å². The number of hydrogen-bond donors (Lipinski definition) is 1. The second-order valence-electron chi connectivity index (χ2n) is 11.0. The van der Waals surface area contributed by atoms with Gasteiger partial charge in [-0.25, -0.2) is 4.98 Å². The summed E-state index contributed by atoms with van der Waals surface area (Å²) in [5, 5.41) is 2.91. The number of aryl methyl sites for hydroxylation is 1. The van der Waals surface area contributed by atoms with Crippen LogP contribution in [0.2, 0.25) is 0 Å². The van der Waals surface area contributed by atoms with Crippen molar-refractivity contribution in [3.05, 3.63) is 54.2 Å². The molecular formula is C31H42N4O3. The molecule has 2 aliphatic carbocycles. The van der Waals surface area contributed by atoms with Gasteiger partial charge in [0.1, 0.15) is 12.4 Å². The minimum Gasteiger partial charge on any atom is -0.459 e. The highest BCUT2D eigenvalue weighted by Gasteiger charge is 2.33. The number of carbonyl (C=O) groups is 2. The average molecular weight is 519 g/mol. The van der Waals surface area contributed by atoms with Crippen LogP contribution in [-0.4, -0.2) is 44.9 Å². The highest BCUT2D eigenvalue weighted by molar-refractivity contribution is 5.91. The molecule has 0 radical (unpaired) electrons. The molecule has 2 saturated carbocycles. The summed E-state index contributed by atoms with van der Waals surface area (Å²) >= 11 is 0. The van der Waals surface area contributed by atoms with Crippen LogP contribution in [0.25, 0.3) is 11.0 Å². The lowest BCUT2D eigenvalue weighted by Crippen LogP contribution is -2.50. The number of aromatic nitrogens is 2. The first-order valence-electron chi connectivity index (χ1n) is 14.8. The first kappa shape index (κ1) is 26.5. The third kappa shape index (κ3) is 6.48. The molecule has 3 aromatic rings. The van der Waals surface area contributed by atoms with Crippen molar-refractivity contribution < 1.29 is 14.0 Å². The van der Waals surface area contributed by atoms with Crippen molar-refractivity contribution in [3.63, 3.8) is 0 Å². The van der Waals surface area contributed by atoms with Crippen molar-refractivity contribution in [2.24, 2.45) is 0 Å². The van der Waals surface area contributed by atoms with Crippen molar-refractivity contribution in [2.45, 2.75) is 109 Å². The van der Waals surface area contributed by atoms with Crippen molar-refractivity contribution in [1.29, 1.82) is 0 Å². The van der Waals surface area contributed by atoms with Crippen LogP contribution in [0.1, 0.15) is 99.8 Å². The molecule has 7 nitrogen and oxygen atoms in total. The Morgan fingerprint density at radius 3 is 2.29 bits per heavy atom. The molecular weight excluding hydrogens is 476 g/mol. The lowest BCUT2D eigenvalue weighted by molar-refractivity contribution is -0.138. The van der Waals surface area contributed by atoms with E-state index in [0.29, 0.717) is 30.9 Å². The van der Waals surface area contributed by atoms with E-state index in [1.54, 1.807) is 12.1 Å². The minimum atomic E-state index is -0.171. The average Bonchev–Trinajstić information content (AvgIpc) is 3.61. The number of nitrogens with zero attached hydrogens (tertiary/aromatic N) is 3. The highest BCUT2D eigenvalue weighted by atomic mass is 16.3. The Balaban J connectivity index is 1.23. The van der Waals surface area contributed by atoms with Crippen molar-refractivity contribution in [3.8, 4) is 0 Å². The van der Waals surface area contributed by atoms with Gasteiger partial charge < -0.3 is 19.2 Å². The SMILES string of the molecule is O=C(NCCCCCc1nc2ccccc2n1CC(=O)N(C1CCCCC1)C1CCCCC1)c1ccco1. The van der Waals surface area contributed by atoms with Gasteiger partial charge in [0.05, 0.1) is 17.3 Å². The molecule has 0 aliphatic heterocycles. The molecule has 1 aromatic carbocycles. The van der Waals surface area contributed by atoms with Gasteiger partial charge in [-0.05, 0) is 62.8 Å². The number of imidazole rings is 1. The summed E-state index contributed by atoms with van der Waals surface area (Å²) in [5.41, 5.74) is 2.01. The van der Waals surface area contributed by atoms with Crippen LogP contribution in [0.5, 0.6) is 0 Å². The Labute approximate surface area is 226 Å². The maximum atomic E-state index is 14.0. The fraction of sp³-hybridized carbons (Fsp3) is 0.581. The molecule has 2 amide bonds. The van der Waals surface area contributed by atoms with Crippen molar-refractivity contribution in [2.75, 3.05) is 6.54 Å². The summed E-state index contributed by atoms with van der Waals surface area (Å²) in [4.78, 5) is 33.3. The summed E-state index contributed by atoms with van der Waals surface area (Å²) < 4.78 is 7.32. The number of rotatable bonds is 11. The number of amides is 2. The second kappa shape index (κ2) is 13.1. The van der Waals surface area contributed by atoms with Gasteiger partial charge in [-0.15, -0.1) is 0 Å². The molecule has 0 bridgehead atoms. The maximum Gasteiger partial charge on any atom is 0.286 e. The molecule has 1 N–H and O–H groups in total. The molecule has 0 spiro atoms. The monoisotopic (exact) mass is 518 g/mol. The maximum absolute atomic E-state index is 14.0. The molecule has 204 valence electrons. The van der Waals surface area contributed by atoms with E-state index in [4.69, 9.17) is 9.40 Å². The number of unbranched alkanes of at least 4 members (excludes halogenated alkanes) is 2. The predicted octanol–water partition coefficient (Wildman–Crippen LogP) is 6.27. The highest BCUT2D eigenvalue weighted by Crippen LogP contribution is 2.31. The standard InChI is InChI=1S/C31H42N4O3/c36-30(35(24-13-4-1-5-14-24)25-15-6-2-7-16-25)23-34-27-18-10-9-17-26(27)33-29(34)20-8-3-11-21-32-31(37)28-19-12-22-38-28/h9-10,12,17-19,22,24-25H,1-8,11,13-16,20-21,23H2,(H,32,37). The van der Waals surface area contributed by atoms with Crippen LogP contribution in [0.3, 0.4) is 0 Å². The van der Waals surface area contributed by atoms with Gasteiger partial charge in [0, 0.05) is 25.0 Å². The molecule has 2 aliphatic rings. The Morgan fingerprint density at radius 1 is 0.895 bits per heavy atom. The van der Waals surface area contributed by atoms with E-state index in [9.17, 15) is 9.59 Å². The van der Waals surface area contributed by atoms with E-state index < -0.39 is 0 Å².